The molecule has 4 rings (SSSR count). The van der Waals surface area contributed by atoms with Crippen molar-refractivity contribution in [2.45, 2.75) is 69.9 Å². The molecule has 5 atom stereocenters. The second-order valence-electron chi connectivity index (χ2n) is 12.0. The molecular weight excluding hydrogens is 674 g/mol. The smallest absolute Gasteiger partial charge is 0.407 e. The van der Waals surface area contributed by atoms with Crippen molar-refractivity contribution in [1.29, 1.82) is 0 Å². The van der Waals surface area contributed by atoms with E-state index in [9.17, 15) is 28.6 Å². The van der Waals surface area contributed by atoms with Crippen molar-refractivity contribution < 1.29 is 38.1 Å². The minimum Gasteiger partial charge on any atom is -0.489 e. The van der Waals surface area contributed by atoms with Crippen molar-refractivity contribution in [3.8, 4) is 5.75 Å². The number of hydrogen-bond donors (Lipinski definition) is 4. The minimum absolute atomic E-state index is 0.0153. The van der Waals surface area contributed by atoms with Crippen molar-refractivity contribution in [3.05, 3.63) is 98.5 Å². The van der Waals surface area contributed by atoms with Crippen LogP contribution in [0.4, 0.5) is 13.6 Å². The van der Waals surface area contributed by atoms with Gasteiger partial charge in [0, 0.05) is 16.0 Å². The van der Waals surface area contributed by atoms with Gasteiger partial charge in [-0.15, -0.1) is 0 Å². The van der Waals surface area contributed by atoms with Crippen molar-refractivity contribution in [2.24, 2.45) is 5.92 Å². The highest BCUT2D eigenvalue weighted by molar-refractivity contribution is 9.10. The lowest BCUT2D eigenvalue weighted by Crippen LogP contribution is -2.49. The fourth-order valence-electron chi connectivity index (χ4n) is 5.17. The highest BCUT2D eigenvalue weighted by atomic mass is 79.9. The van der Waals surface area contributed by atoms with Gasteiger partial charge in [0.15, 0.2) is 0 Å². The number of carbonyl (C=O) groups is 2. The molecule has 0 saturated carbocycles. The molecule has 12 heteroatoms. The van der Waals surface area contributed by atoms with Gasteiger partial charge in [0.2, 0.25) is 5.91 Å². The number of carbonyl (C=O) groups excluding carboxylic acids is 2. The van der Waals surface area contributed by atoms with E-state index in [4.69, 9.17) is 21.1 Å². The number of aliphatic hydroxyl groups excluding tert-OH is 2. The second kappa shape index (κ2) is 14.9. The minimum atomic E-state index is -1.29. The van der Waals surface area contributed by atoms with E-state index in [0.29, 0.717) is 0 Å². The zero-order valence-corrected chi connectivity index (χ0v) is 27.4. The van der Waals surface area contributed by atoms with Crippen LogP contribution in [0.2, 0.25) is 5.02 Å². The molecule has 0 aliphatic carbocycles. The number of fused-ring (bicyclic) bond motifs is 1. The van der Waals surface area contributed by atoms with E-state index in [-0.39, 0.29) is 47.8 Å². The maximum atomic E-state index is 14.8. The van der Waals surface area contributed by atoms with Gasteiger partial charge >= 0.3 is 6.09 Å². The number of benzene rings is 3. The fraction of sp³-hybridized carbons (Fsp3) is 0.394. The van der Waals surface area contributed by atoms with Crippen LogP contribution in [0.1, 0.15) is 49.9 Å². The van der Waals surface area contributed by atoms with Crippen molar-refractivity contribution in [1.82, 2.24) is 10.6 Å². The van der Waals surface area contributed by atoms with Crippen LogP contribution in [0.5, 0.6) is 5.75 Å². The van der Waals surface area contributed by atoms with Crippen LogP contribution in [0.25, 0.3) is 0 Å². The van der Waals surface area contributed by atoms with E-state index in [2.05, 4.69) is 26.6 Å². The molecule has 45 heavy (non-hydrogen) atoms. The number of halogens is 4. The van der Waals surface area contributed by atoms with E-state index < -0.39 is 59.4 Å². The fourth-order valence-corrected chi connectivity index (χ4v) is 5.70. The van der Waals surface area contributed by atoms with E-state index in [1.54, 1.807) is 26.8 Å². The Kier molecular flexibility index (Phi) is 11.5. The topological polar surface area (TPSA) is 117 Å². The maximum absolute atomic E-state index is 14.8. The predicted octanol–water partition coefficient (Wildman–Crippen LogP) is 6.04. The van der Waals surface area contributed by atoms with Gasteiger partial charge in [-0.1, -0.05) is 57.9 Å². The third-order valence-electron chi connectivity index (χ3n) is 7.31. The van der Waals surface area contributed by atoms with Gasteiger partial charge in [-0.25, -0.2) is 13.6 Å². The Morgan fingerprint density at radius 2 is 1.80 bits per heavy atom. The second-order valence-corrected chi connectivity index (χ2v) is 13.4. The number of alkyl carbamates (subject to hydrolysis) is 1. The predicted molar refractivity (Wildman–Crippen MR) is 169 cm³/mol. The molecule has 1 aliphatic heterocycles. The lowest BCUT2D eigenvalue weighted by molar-refractivity contribution is -0.128. The van der Waals surface area contributed by atoms with Gasteiger partial charge in [0.1, 0.15) is 35.7 Å². The molecule has 4 N–H and O–H groups in total. The van der Waals surface area contributed by atoms with Gasteiger partial charge in [0.25, 0.3) is 0 Å². The number of hydrogen-bond acceptors (Lipinski definition) is 6. The van der Waals surface area contributed by atoms with E-state index in [1.165, 1.54) is 18.2 Å². The largest absolute Gasteiger partial charge is 0.489 e. The Bertz CT molecular complexity index is 1500. The molecule has 1 heterocycles. The zero-order valence-electron chi connectivity index (χ0n) is 25.0. The molecule has 3 aromatic carbocycles. The van der Waals surface area contributed by atoms with Crippen LogP contribution in [0.3, 0.4) is 0 Å². The molecule has 1 aliphatic rings. The van der Waals surface area contributed by atoms with Crippen LogP contribution in [0.15, 0.2) is 65.1 Å². The first-order valence-electron chi connectivity index (χ1n) is 14.5. The monoisotopic (exact) mass is 708 g/mol. The molecule has 0 saturated heterocycles. The molecule has 0 spiro atoms. The zero-order chi connectivity index (χ0) is 32.9. The van der Waals surface area contributed by atoms with Crippen LogP contribution < -0.4 is 15.4 Å². The molecule has 0 fully saturated rings. The Morgan fingerprint density at radius 1 is 1.11 bits per heavy atom. The average Bonchev–Trinajstić information content (AvgIpc) is 2.95. The first-order valence-corrected chi connectivity index (χ1v) is 15.6. The van der Waals surface area contributed by atoms with E-state index in [1.807, 2.05) is 24.3 Å². The summed E-state index contributed by atoms with van der Waals surface area (Å²) in [6, 6.07) is 13.5. The average molecular weight is 710 g/mol. The summed E-state index contributed by atoms with van der Waals surface area (Å²) in [5, 5.41) is 27.7. The van der Waals surface area contributed by atoms with Gasteiger partial charge in [0.05, 0.1) is 23.2 Å². The van der Waals surface area contributed by atoms with Crippen molar-refractivity contribution in [2.75, 3.05) is 6.61 Å². The number of aliphatic hydroxyl groups is 2. The normalized spacial score (nSPS) is 18.2. The lowest BCUT2D eigenvalue weighted by Gasteiger charge is -2.33. The molecular formula is C33H36BrClF2N2O6. The van der Waals surface area contributed by atoms with Crippen LogP contribution in [-0.4, -0.2) is 52.7 Å². The summed E-state index contributed by atoms with van der Waals surface area (Å²) < 4.78 is 40.8. The Balaban J connectivity index is 1.62. The Hall–Kier alpha value is -3.25. The molecule has 0 unspecified atom stereocenters. The van der Waals surface area contributed by atoms with E-state index in [0.717, 1.165) is 22.2 Å². The third kappa shape index (κ3) is 9.62. The maximum Gasteiger partial charge on any atom is 0.407 e. The Morgan fingerprint density at radius 3 is 2.47 bits per heavy atom. The van der Waals surface area contributed by atoms with Crippen LogP contribution in [0, 0.1) is 17.6 Å². The quantitative estimate of drug-likeness (QED) is 0.204. The van der Waals surface area contributed by atoms with Gasteiger partial charge in [-0.2, -0.15) is 0 Å². The van der Waals surface area contributed by atoms with E-state index >= 15 is 0 Å². The number of ether oxygens (including phenoxy) is 2. The lowest BCUT2D eigenvalue weighted by atomic mass is 9.87. The molecule has 0 bridgehead atoms. The highest BCUT2D eigenvalue weighted by Crippen LogP contribution is 2.39. The molecule has 8 nitrogen and oxygen atoms in total. The first-order chi connectivity index (χ1) is 21.2. The van der Waals surface area contributed by atoms with Gasteiger partial charge < -0.3 is 30.3 Å². The number of nitrogens with one attached hydrogen (secondary N) is 2. The van der Waals surface area contributed by atoms with Crippen LogP contribution in [-0.2, 0) is 22.4 Å². The van der Waals surface area contributed by atoms with Gasteiger partial charge in [-0.05, 0) is 81.5 Å². The number of amides is 2. The summed E-state index contributed by atoms with van der Waals surface area (Å²) in [6.07, 6.45) is -3.39. The summed E-state index contributed by atoms with van der Waals surface area (Å²) in [4.78, 5) is 26.7. The van der Waals surface area contributed by atoms with Crippen LogP contribution >= 0.6 is 27.5 Å². The first kappa shape index (κ1) is 34.6. The third-order valence-corrected chi connectivity index (χ3v) is 8.12. The highest BCUT2D eigenvalue weighted by Gasteiger charge is 2.36. The molecule has 2 amide bonds. The standard InChI is InChI=1S/C33H36BrClF2N2O6/c1-33(2,3)45-32(43)38-26(12-18-8-10-21(34)11-9-18)27(40)14-20(13-19-6-4-5-7-25(19)37)31(42)39-29-23-15-22(36)16-24(35)30(23)44-17-28(29)41/h4-11,15-16,20,26-29,40-41H,12-14,17H2,1-3H3,(H,38,43)(H,39,42)/t20-,26+,27+,28-,29+/m1/s1. The Labute approximate surface area is 274 Å². The summed E-state index contributed by atoms with van der Waals surface area (Å²) >= 11 is 9.56. The molecule has 3 aromatic rings. The van der Waals surface area contributed by atoms with Crippen molar-refractivity contribution >= 4 is 39.5 Å². The molecule has 242 valence electrons. The summed E-state index contributed by atoms with van der Waals surface area (Å²) in [5.41, 5.74) is 0.385. The van der Waals surface area contributed by atoms with Gasteiger partial charge in [-0.3, -0.25) is 4.79 Å². The molecule has 0 radical (unpaired) electrons. The summed E-state index contributed by atoms with van der Waals surface area (Å²) in [5.74, 6) is -2.75. The summed E-state index contributed by atoms with van der Waals surface area (Å²) in [6.45, 7) is 4.93. The summed E-state index contributed by atoms with van der Waals surface area (Å²) in [7, 11) is 0. The van der Waals surface area contributed by atoms with Crippen molar-refractivity contribution in [3.63, 3.8) is 0 Å². The SMILES string of the molecule is CC(C)(C)OC(=O)N[C@@H](Cc1ccc(Br)cc1)[C@@H](O)C[C@@H](Cc1ccccc1F)C(=O)N[C@H]1c2cc(F)cc(Cl)c2OC[C@H]1O. The number of rotatable bonds is 10. The molecule has 0 aromatic heterocycles.